The van der Waals surface area contributed by atoms with Crippen molar-refractivity contribution < 1.29 is 40.7 Å². The Morgan fingerprint density at radius 1 is 0.864 bits per heavy atom. The lowest BCUT2D eigenvalue weighted by Crippen LogP contribution is -2.34. The van der Waals surface area contributed by atoms with Crippen LogP contribution in [0.25, 0.3) is 22.3 Å². The van der Waals surface area contributed by atoms with Gasteiger partial charge in [0, 0.05) is 35.6 Å². The normalized spacial score (nSPS) is 12.1. The number of fused-ring (bicyclic) bond motifs is 1. The topological polar surface area (TPSA) is 105 Å². The maximum atomic E-state index is 13.8. The van der Waals surface area contributed by atoms with Crippen molar-refractivity contribution in [2.45, 2.75) is 39.9 Å². The SMILES string of the molecule is CNc1nc(-c2ccc(OC(F)(F)F)cc2)nc2cc(NC(=O)c3cc(CNC(=O)C(C)(C)C)ccc3C(F)(F)F)ccc12. The molecule has 8 nitrogen and oxygen atoms in total. The van der Waals surface area contributed by atoms with E-state index in [0.29, 0.717) is 27.8 Å². The van der Waals surface area contributed by atoms with Crippen LogP contribution in [0, 0.1) is 5.41 Å². The zero-order valence-electron chi connectivity index (χ0n) is 23.9. The van der Waals surface area contributed by atoms with Gasteiger partial charge in [-0.2, -0.15) is 13.2 Å². The van der Waals surface area contributed by atoms with Gasteiger partial charge in [-0.25, -0.2) is 9.97 Å². The summed E-state index contributed by atoms with van der Waals surface area (Å²) in [4.78, 5) is 34.2. The number of alkyl halides is 6. The molecule has 1 aromatic heterocycles. The van der Waals surface area contributed by atoms with Gasteiger partial charge in [0.1, 0.15) is 11.6 Å². The van der Waals surface area contributed by atoms with Gasteiger partial charge >= 0.3 is 12.5 Å². The second-order valence-corrected chi connectivity index (χ2v) is 10.7. The zero-order chi connectivity index (χ0) is 32.4. The van der Waals surface area contributed by atoms with Gasteiger partial charge in [0.05, 0.1) is 16.6 Å². The molecule has 232 valence electrons. The van der Waals surface area contributed by atoms with Gasteiger partial charge in [-0.15, -0.1) is 13.2 Å². The minimum atomic E-state index is -4.86. The number of anilines is 2. The first-order valence-electron chi connectivity index (χ1n) is 13.1. The molecule has 0 saturated heterocycles. The highest BCUT2D eigenvalue weighted by molar-refractivity contribution is 6.06. The number of carbonyl (C=O) groups excluding carboxylic acids is 2. The Balaban J connectivity index is 1.65. The molecule has 44 heavy (non-hydrogen) atoms. The highest BCUT2D eigenvalue weighted by atomic mass is 19.4. The Morgan fingerprint density at radius 3 is 2.14 bits per heavy atom. The fourth-order valence-corrected chi connectivity index (χ4v) is 4.12. The number of rotatable bonds is 7. The van der Waals surface area contributed by atoms with E-state index in [2.05, 4.69) is 30.7 Å². The predicted molar refractivity (Wildman–Crippen MR) is 152 cm³/mol. The number of nitrogens with zero attached hydrogens (tertiary/aromatic N) is 2. The molecule has 0 aliphatic rings. The van der Waals surface area contributed by atoms with Crippen LogP contribution in [-0.4, -0.2) is 35.2 Å². The molecule has 2 amide bonds. The maximum absolute atomic E-state index is 13.8. The summed E-state index contributed by atoms with van der Waals surface area (Å²) in [6.07, 6.45) is -9.68. The number of halogens is 6. The third-order valence-electron chi connectivity index (χ3n) is 6.31. The minimum absolute atomic E-state index is 0.0830. The Hall–Kier alpha value is -4.88. The third-order valence-corrected chi connectivity index (χ3v) is 6.31. The number of benzene rings is 3. The predicted octanol–water partition coefficient (Wildman–Crippen LogP) is 7.17. The van der Waals surface area contributed by atoms with Crippen molar-refractivity contribution in [2.75, 3.05) is 17.7 Å². The first-order valence-corrected chi connectivity index (χ1v) is 13.1. The zero-order valence-corrected chi connectivity index (χ0v) is 23.9. The van der Waals surface area contributed by atoms with E-state index in [1.165, 1.54) is 30.3 Å². The van der Waals surface area contributed by atoms with Crippen LogP contribution in [-0.2, 0) is 17.5 Å². The lowest BCUT2D eigenvalue weighted by molar-refractivity contribution is -0.274. The monoisotopic (exact) mass is 619 g/mol. The van der Waals surface area contributed by atoms with E-state index in [4.69, 9.17) is 0 Å². The number of nitrogens with one attached hydrogen (secondary N) is 3. The number of hydrogen-bond donors (Lipinski definition) is 3. The van der Waals surface area contributed by atoms with Gasteiger partial charge in [0.25, 0.3) is 5.91 Å². The molecule has 0 spiro atoms. The van der Waals surface area contributed by atoms with Crippen LogP contribution >= 0.6 is 0 Å². The van der Waals surface area contributed by atoms with E-state index in [1.54, 1.807) is 33.9 Å². The van der Waals surface area contributed by atoms with Crippen LogP contribution in [0.15, 0.2) is 60.7 Å². The second kappa shape index (κ2) is 12.0. The van der Waals surface area contributed by atoms with Gasteiger partial charge in [0.15, 0.2) is 5.82 Å². The largest absolute Gasteiger partial charge is 0.573 e. The van der Waals surface area contributed by atoms with Crippen molar-refractivity contribution in [1.82, 2.24) is 15.3 Å². The number of amides is 2. The highest BCUT2D eigenvalue weighted by Gasteiger charge is 2.35. The molecular formula is C30H27F6N5O3. The molecule has 0 unspecified atom stereocenters. The van der Waals surface area contributed by atoms with Crippen LogP contribution in [0.4, 0.5) is 37.8 Å². The lowest BCUT2D eigenvalue weighted by atomic mass is 9.95. The van der Waals surface area contributed by atoms with Crippen LogP contribution < -0.4 is 20.7 Å². The van der Waals surface area contributed by atoms with Crippen LogP contribution in [0.5, 0.6) is 5.75 Å². The van der Waals surface area contributed by atoms with E-state index < -0.39 is 40.7 Å². The Kier molecular flexibility index (Phi) is 8.75. The van der Waals surface area contributed by atoms with E-state index in [0.717, 1.165) is 24.3 Å². The quantitative estimate of drug-likeness (QED) is 0.190. The van der Waals surface area contributed by atoms with Gasteiger partial charge in [0.2, 0.25) is 5.91 Å². The second-order valence-electron chi connectivity index (χ2n) is 10.7. The summed E-state index contributed by atoms with van der Waals surface area (Å²) in [5.74, 6) is -1.28. The van der Waals surface area contributed by atoms with Crippen molar-refractivity contribution in [3.05, 3.63) is 77.4 Å². The van der Waals surface area contributed by atoms with Crippen LogP contribution in [0.2, 0.25) is 0 Å². The average Bonchev–Trinajstić information content (AvgIpc) is 2.93. The Morgan fingerprint density at radius 2 is 1.55 bits per heavy atom. The minimum Gasteiger partial charge on any atom is -0.406 e. The molecule has 1 heterocycles. The summed E-state index contributed by atoms with van der Waals surface area (Å²) in [6.45, 7) is 4.98. The molecule has 0 saturated carbocycles. The molecule has 3 N–H and O–H groups in total. The molecule has 0 aliphatic carbocycles. The fourth-order valence-electron chi connectivity index (χ4n) is 4.12. The third kappa shape index (κ3) is 7.74. The average molecular weight is 620 g/mol. The highest BCUT2D eigenvalue weighted by Crippen LogP contribution is 2.34. The lowest BCUT2D eigenvalue weighted by Gasteiger charge is -2.19. The molecule has 3 aromatic carbocycles. The molecular weight excluding hydrogens is 592 g/mol. The fraction of sp³-hybridized carbons (Fsp3) is 0.267. The summed E-state index contributed by atoms with van der Waals surface area (Å²) in [7, 11) is 1.59. The summed E-state index contributed by atoms with van der Waals surface area (Å²) in [6, 6.07) is 12.4. The van der Waals surface area contributed by atoms with E-state index in [-0.39, 0.29) is 24.0 Å². The van der Waals surface area contributed by atoms with Crippen molar-refractivity contribution >= 4 is 34.2 Å². The first-order chi connectivity index (χ1) is 20.4. The molecule has 0 bridgehead atoms. The molecule has 0 atom stereocenters. The van der Waals surface area contributed by atoms with Crippen LogP contribution in [0.3, 0.4) is 0 Å². The van der Waals surface area contributed by atoms with Gasteiger partial charge in [-0.1, -0.05) is 26.8 Å². The van der Waals surface area contributed by atoms with Crippen molar-refractivity contribution in [3.63, 3.8) is 0 Å². The van der Waals surface area contributed by atoms with Crippen molar-refractivity contribution in [3.8, 4) is 17.1 Å². The Labute approximate surface area is 247 Å². The smallest absolute Gasteiger partial charge is 0.406 e. The first kappa shape index (κ1) is 32.0. The molecule has 4 aromatic rings. The number of hydrogen-bond acceptors (Lipinski definition) is 6. The summed E-state index contributed by atoms with van der Waals surface area (Å²) < 4.78 is 82.9. The number of ether oxygens (including phenoxy) is 1. The number of carbonyl (C=O) groups is 2. The summed E-state index contributed by atoms with van der Waals surface area (Å²) in [5.41, 5.74) is -1.43. The van der Waals surface area contributed by atoms with Gasteiger partial charge in [-0.05, 0) is 60.2 Å². The van der Waals surface area contributed by atoms with Gasteiger partial charge < -0.3 is 20.7 Å². The van der Waals surface area contributed by atoms with E-state index in [1.807, 2.05) is 0 Å². The van der Waals surface area contributed by atoms with Crippen LogP contribution in [0.1, 0.15) is 42.3 Å². The molecule has 14 heteroatoms. The summed E-state index contributed by atoms with van der Waals surface area (Å²) in [5, 5.41) is 8.54. The maximum Gasteiger partial charge on any atom is 0.573 e. The molecule has 0 fully saturated rings. The molecule has 0 aliphatic heterocycles. The molecule has 4 rings (SSSR count). The number of aromatic nitrogens is 2. The van der Waals surface area contributed by atoms with Crippen molar-refractivity contribution in [1.29, 1.82) is 0 Å². The van der Waals surface area contributed by atoms with Gasteiger partial charge in [-0.3, -0.25) is 9.59 Å². The standard InChI is InChI=1S/C30H27F6N5O3/c1-28(2,3)27(43)38-15-16-5-12-22(29(31,32)33)21(13-16)26(42)39-18-8-11-20-23(14-18)40-24(41-25(20)37-4)17-6-9-19(10-7-17)44-30(34,35)36/h5-14H,15H2,1-4H3,(H,38,43)(H,39,42)(H,37,40,41). The van der Waals surface area contributed by atoms with E-state index in [9.17, 15) is 35.9 Å². The molecule has 0 radical (unpaired) electrons. The van der Waals surface area contributed by atoms with E-state index >= 15 is 0 Å². The Bertz CT molecular complexity index is 1700. The summed E-state index contributed by atoms with van der Waals surface area (Å²) >= 11 is 0. The van der Waals surface area contributed by atoms with Crippen molar-refractivity contribution in [2.24, 2.45) is 5.41 Å².